The van der Waals surface area contributed by atoms with Crippen molar-refractivity contribution in [2.45, 2.75) is 12.3 Å². The molecule has 1 aromatic carbocycles. The van der Waals surface area contributed by atoms with E-state index < -0.39 is 40.9 Å². The fourth-order valence-corrected chi connectivity index (χ4v) is 1.25. The molecule has 0 amide bonds. The lowest BCUT2D eigenvalue weighted by Gasteiger charge is -2.15. The van der Waals surface area contributed by atoms with Crippen LogP contribution in [-0.2, 0) is 5.92 Å². The average molecular weight is 233 g/mol. The Morgan fingerprint density at radius 1 is 1.44 bits per heavy atom. The minimum absolute atomic E-state index is 0.488. The second-order valence-electron chi connectivity index (χ2n) is 3.14. The van der Waals surface area contributed by atoms with Gasteiger partial charge in [0.25, 0.3) is 11.6 Å². The van der Waals surface area contributed by atoms with Crippen LogP contribution in [0.4, 0.5) is 14.5 Å². The van der Waals surface area contributed by atoms with Crippen LogP contribution >= 0.6 is 0 Å². The molecule has 0 radical (unpaired) electrons. The van der Waals surface area contributed by atoms with Crippen LogP contribution in [0.3, 0.4) is 0 Å². The summed E-state index contributed by atoms with van der Waals surface area (Å²) in [7, 11) is 0. The van der Waals surface area contributed by atoms with Gasteiger partial charge in [-0.15, -0.1) is 0 Å². The first-order valence-corrected chi connectivity index (χ1v) is 4.35. The summed E-state index contributed by atoms with van der Waals surface area (Å²) < 4.78 is 26.8. The van der Waals surface area contributed by atoms with E-state index in [4.69, 9.17) is 10.2 Å². The predicted molar refractivity (Wildman–Crippen MR) is 50.4 cm³/mol. The summed E-state index contributed by atoms with van der Waals surface area (Å²) in [4.78, 5) is 9.55. The van der Waals surface area contributed by atoms with E-state index in [1.807, 2.05) is 0 Å². The number of rotatable bonds is 4. The molecule has 0 aliphatic heterocycles. The lowest BCUT2D eigenvalue weighted by atomic mass is 10.0. The molecule has 0 heterocycles. The summed E-state index contributed by atoms with van der Waals surface area (Å²) in [6, 6.07) is 2.39. The standard InChI is InChI=1S/C9H9F2NO4/c10-9(11,3-4-13)7-5-6(14)1-2-8(7)12(15)16/h1-2,5,13-14H,3-4H2. The van der Waals surface area contributed by atoms with Gasteiger partial charge in [0.2, 0.25) is 0 Å². The molecular weight excluding hydrogens is 224 g/mol. The third-order valence-corrected chi connectivity index (χ3v) is 2.00. The molecule has 16 heavy (non-hydrogen) atoms. The summed E-state index contributed by atoms with van der Waals surface area (Å²) >= 11 is 0. The molecule has 0 aliphatic carbocycles. The molecule has 0 bridgehead atoms. The van der Waals surface area contributed by atoms with Crippen LogP contribution in [0.2, 0.25) is 0 Å². The number of nitro benzene ring substituents is 1. The van der Waals surface area contributed by atoms with E-state index in [9.17, 15) is 18.9 Å². The monoisotopic (exact) mass is 233 g/mol. The van der Waals surface area contributed by atoms with Crippen molar-refractivity contribution in [3.8, 4) is 5.75 Å². The highest BCUT2D eigenvalue weighted by molar-refractivity contribution is 5.47. The van der Waals surface area contributed by atoms with Crippen LogP contribution in [0.1, 0.15) is 12.0 Å². The highest BCUT2D eigenvalue weighted by atomic mass is 19.3. The first kappa shape index (κ1) is 12.3. The Morgan fingerprint density at radius 3 is 2.56 bits per heavy atom. The van der Waals surface area contributed by atoms with Crippen molar-refractivity contribution in [3.63, 3.8) is 0 Å². The second kappa shape index (κ2) is 4.40. The van der Waals surface area contributed by atoms with Crippen LogP contribution in [0, 0.1) is 10.1 Å². The van der Waals surface area contributed by atoms with E-state index in [1.54, 1.807) is 0 Å². The van der Waals surface area contributed by atoms with Gasteiger partial charge >= 0.3 is 0 Å². The van der Waals surface area contributed by atoms with Gasteiger partial charge in [-0.2, -0.15) is 0 Å². The molecule has 0 aliphatic rings. The molecule has 0 saturated carbocycles. The Labute approximate surface area is 89.1 Å². The van der Waals surface area contributed by atoms with Gasteiger partial charge in [0, 0.05) is 19.1 Å². The molecule has 0 aromatic heterocycles. The van der Waals surface area contributed by atoms with E-state index in [0.29, 0.717) is 6.07 Å². The third kappa shape index (κ3) is 2.43. The van der Waals surface area contributed by atoms with Crippen molar-refractivity contribution in [2.75, 3.05) is 6.61 Å². The summed E-state index contributed by atoms with van der Waals surface area (Å²) in [5, 5.41) is 28.0. The van der Waals surface area contributed by atoms with E-state index in [2.05, 4.69) is 0 Å². The van der Waals surface area contributed by atoms with E-state index in [0.717, 1.165) is 12.1 Å². The molecule has 2 N–H and O–H groups in total. The van der Waals surface area contributed by atoms with Crippen molar-refractivity contribution >= 4 is 5.69 Å². The van der Waals surface area contributed by atoms with Crippen LogP contribution in [0.5, 0.6) is 5.75 Å². The van der Waals surface area contributed by atoms with Gasteiger partial charge in [-0.25, -0.2) is 8.78 Å². The van der Waals surface area contributed by atoms with Gasteiger partial charge in [-0.1, -0.05) is 0 Å². The molecular formula is C9H9F2NO4. The number of nitrogens with zero attached hydrogens (tertiary/aromatic N) is 1. The Balaban J connectivity index is 3.29. The van der Waals surface area contributed by atoms with Gasteiger partial charge < -0.3 is 10.2 Å². The SMILES string of the molecule is O=[N+]([O-])c1ccc(O)cc1C(F)(F)CCO. The van der Waals surface area contributed by atoms with Crippen molar-refractivity contribution < 1.29 is 23.9 Å². The Morgan fingerprint density at radius 2 is 2.06 bits per heavy atom. The zero-order chi connectivity index (χ0) is 12.3. The molecule has 0 saturated heterocycles. The van der Waals surface area contributed by atoms with Gasteiger partial charge in [-0.3, -0.25) is 10.1 Å². The maximum Gasteiger partial charge on any atom is 0.282 e. The minimum Gasteiger partial charge on any atom is -0.508 e. The van der Waals surface area contributed by atoms with Crippen molar-refractivity contribution in [1.82, 2.24) is 0 Å². The van der Waals surface area contributed by atoms with E-state index in [1.165, 1.54) is 0 Å². The first-order chi connectivity index (χ1) is 7.38. The predicted octanol–water partition coefficient (Wildman–Crippen LogP) is 1.77. The van der Waals surface area contributed by atoms with Gasteiger partial charge in [0.1, 0.15) is 11.3 Å². The largest absolute Gasteiger partial charge is 0.508 e. The number of halogens is 2. The number of aliphatic hydroxyl groups excluding tert-OH is 1. The summed E-state index contributed by atoms with van der Waals surface area (Å²) in [6.45, 7) is -0.806. The maximum atomic E-state index is 13.4. The van der Waals surface area contributed by atoms with E-state index in [-0.39, 0.29) is 0 Å². The Bertz CT molecular complexity index is 408. The molecule has 0 spiro atoms. The summed E-state index contributed by atoms with van der Waals surface area (Å²) in [6.07, 6.45) is -0.933. The lowest BCUT2D eigenvalue weighted by molar-refractivity contribution is -0.387. The number of aliphatic hydroxyl groups is 1. The number of hydrogen-bond acceptors (Lipinski definition) is 4. The number of benzene rings is 1. The maximum absolute atomic E-state index is 13.4. The highest BCUT2D eigenvalue weighted by Gasteiger charge is 2.37. The lowest BCUT2D eigenvalue weighted by Crippen LogP contribution is -2.17. The second-order valence-corrected chi connectivity index (χ2v) is 3.14. The highest BCUT2D eigenvalue weighted by Crippen LogP contribution is 2.38. The van der Waals surface area contributed by atoms with E-state index >= 15 is 0 Å². The van der Waals surface area contributed by atoms with Gasteiger partial charge in [-0.05, 0) is 12.1 Å². The topological polar surface area (TPSA) is 83.6 Å². The Kier molecular flexibility index (Phi) is 3.38. The summed E-state index contributed by atoms with van der Waals surface area (Å²) in [5.41, 5.74) is -1.68. The van der Waals surface area contributed by atoms with Crippen molar-refractivity contribution in [2.24, 2.45) is 0 Å². The van der Waals surface area contributed by atoms with Crippen LogP contribution < -0.4 is 0 Å². The molecule has 0 atom stereocenters. The molecule has 7 heteroatoms. The molecule has 88 valence electrons. The first-order valence-electron chi connectivity index (χ1n) is 4.35. The van der Waals surface area contributed by atoms with Crippen LogP contribution in [-0.4, -0.2) is 21.7 Å². The fraction of sp³-hybridized carbons (Fsp3) is 0.333. The average Bonchev–Trinajstić information content (AvgIpc) is 2.17. The van der Waals surface area contributed by atoms with Crippen molar-refractivity contribution in [1.29, 1.82) is 0 Å². The smallest absolute Gasteiger partial charge is 0.282 e. The zero-order valence-electron chi connectivity index (χ0n) is 8.06. The minimum atomic E-state index is -3.55. The zero-order valence-corrected chi connectivity index (χ0v) is 8.06. The molecule has 1 aromatic rings. The number of hydrogen-bond donors (Lipinski definition) is 2. The van der Waals surface area contributed by atoms with Crippen LogP contribution in [0.25, 0.3) is 0 Å². The molecule has 0 unspecified atom stereocenters. The van der Waals surface area contributed by atoms with Gasteiger partial charge in [0.15, 0.2) is 0 Å². The number of phenols is 1. The Hall–Kier alpha value is -1.76. The van der Waals surface area contributed by atoms with Crippen LogP contribution in [0.15, 0.2) is 18.2 Å². The van der Waals surface area contributed by atoms with Gasteiger partial charge in [0.05, 0.1) is 4.92 Å². The molecule has 1 rings (SSSR count). The number of aromatic hydroxyl groups is 1. The normalized spacial score (nSPS) is 11.4. The van der Waals surface area contributed by atoms with Crippen molar-refractivity contribution in [3.05, 3.63) is 33.9 Å². The molecule has 5 nitrogen and oxygen atoms in total. The number of alkyl halides is 2. The quantitative estimate of drug-likeness (QED) is 0.613. The number of phenolic OH excluding ortho intramolecular Hbond substituents is 1. The summed E-state index contributed by atoms with van der Waals surface area (Å²) in [5.74, 6) is -4.03. The molecule has 0 fully saturated rings. The third-order valence-electron chi connectivity index (χ3n) is 2.00. The fourth-order valence-electron chi connectivity index (χ4n) is 1.25. The number of nitro groups is 1.